The van der Waals surface area contributed by atoms with Gasteiger partial charge in [0.25, 0.3) is 0 Å². The van der Waals surface area contributed by atoms with E-state index in [0.29, 0.717) is 29.8 Å². The molecule has 1 saturated heterocycles. The summed E-state index contributed by atoms with van der Waals surface area (Å²) in [5.41, 5.74) is 1.26. The Labute approximate surface area is 157 Å². The van der Waals surface area contributed by atoms with Crippen LogP contribution in [0.5, 0.6) is 11.5 Å². The molecule has 1 aromatic carbocycles. The summed E-state index contributed by atoms with van der Waals surface area (Å²) in [6, 6.07) is 8.09. The molecular weight excluding hydrogens is 347 g/mol. The summed E-state index contributed by atoms with van der Waals surface area (Å²) in [5, 5.41) is 9.27. The van der Waals surface area contributed by atoms with E-state index in [4.69, 9.17) is 4.74 Å². The van der Waals surface area contributed by atoms with Crippen molar-refractivity contribution in [1.29, 1.82) is 0 Å². The van der Waals surface area contributed by atoms with Gasteiger partial charge in [0.15, 0.2) is 17.3 Å². The van der Waals surface area contributed by atoms with Crippen molar-refractivity contribution in [3.63, 3.8) is 0 Å². The molecule has 0 bridgehead atoms. The molecule has 4 rings (SSSR count). The van der Waals surface area contributed by atoms with Gasteiger partial charge in [-0.15, -0.1) is 0 Å². The Morgan fingerprint density at radius 3 is 2.63 bits per heavy atom. The second-order valence-electron chi connectivity index (χ2n) is 7.68. The maximum Gasteiger partial charge on any atom is 0.195 e. The van der Waals surface area contributed by atoms with Crippen molar-refractivity contribution >= 4 is 5.78 Å². The Balaban J connectivity index is 1.30. The molecule has 2 heterocycles. The first-order valence-electron chi connectivity index (χ1n) is 9.31. The molecule has 1 N–H and O–H groups in total. The van der Waals surface area contributed by atoms with E-state index in [-0.39, 0.29) is 23.5 Å². The Morgan fingerprint density at radius 2 is 2.00 bits per heavy atom. The summed E-state index contributed by atoms with van der Waals surface area (Å²) in [6.07, 6.45) is 3.10. The average molecular weight is 370 g/mol. The molecular formula is C21H23FN2O3. The van der Waals surface area contributed by atoms with Crippen molar-refractivity contribution in [3.05, 3.63) is 53.6 Å². The molecule has 142 valence electrons. The zero-order chi connectivity index (χ0) is 19.0. The number of fused-ring (bicyclic) bond motifs is 1. The highest BCUT2D eigenvalue weighted by atomic mass is 19.1. The van der Waals surface area contributed by atoms with Crippen molar-refractivity contribution in [1.82, 2.24) is 9.88 Å². The van der Waals surface area contributed by atoms with Gasteiger partial charge in [-0.25, -0.2) is 9.37 Å². The van der Waals surface area contributed by atoms with Crippen molar-refractivity contribution in [2.75, 3.05) is 19.6 Å². The van der Waals surface area contributed by atoms with Gasteiger partial charge in [-0.05, 0) is 61.4 Å². The summed E-state index contributed by atoms with van der Waals surface area (Å²) in [5.74, 6) is 0.993. The molecule has 2 aliphatic rings. The van der Waals surface area contributed by atoms with Crippen LogP contribution in [0.2, 0.25) is 0 Å². The number of rotatable bonds is 5. The zero-order valence-corrected chi connectivity index (χ0v) is 15.3. The van der Waals surface area contributed by atoms with Crippen LogP contribution in [0.15, 0.2) is 36.5 Å². The zero-order valence-electron chi connectivity index (χ0n) is 15.3. The number of carbonyl (C=O) groups excluding carboxylic acids is 1. The van der Waals surface area contributed by atoms with Gasteiger partial charge in [0.1, 0.15) is 11.4 Å². The normalized spacial score (nSPS) is 24.7. The first-order valence-corrected chi connectivity index (χ1v) is 9.31. The molecule has 6 heteroatoms. The fourth-order valence-corrected chi connectivity index (χ4v) is 4.28. The number of Topliss-reactive ketones (excluding diaryl/α,β-unsaturated/α-hetero) is 1. The quantitative estimate of drug-likeness (QED) is 0.819. The Morgan fingerprint density at radius 1 is 1.26 bits per heavy atom. The molecule has 3 atom stereocenters. The fraction of sp³-hybridized carbons (Fsp3) is 0.429. The predicted octanol–water partition coefficient (Wildman–Crippen LogP) is 3.21. The summed E-state index contributed by atoms with van der Waals surface area (Å²) in [7, 11) is 0. The Hall–Kier alpha value is -2.47. The minimum Gasteiger partial charge on any atom is -0.506 e. The van der Waals surface area contributed by atoms with Gasteiger partial charge >= 0.3 is 0 Å². The third-order valence-electron chi connectivity index (χ3n) is 5.57. The summed E-state index contributed by atoms with van der Waals surface area (Å²) >= 11 is 0. The van der Waals surface area contributed by atoms with Crippen LogP contribution >= 0.6 is 0 Å². The molecule has 0 spiro atoms. The fourth-order valence-electron chi connectivity index (χ4n) is 4.28. The molecule has 0 amide bonds. The maximum absolute atomic E-state index is 14.0. The number of aromatic nitrogens is 1. The minimum absolute atomic E-state index is 0.0359. The van der Waals surface area contributed by atoms with Gasteiger partial charge in [0.05, 0.1) is 18.8 Å². The molecule has 1 aromatic heterocycles. The van der Waals surface area contributed by atoms with Crippen molar-refractivity contribution < 1.29 is 19.0 Å². The van der Waals surface area contributed by atoms with Crippen LogP contribution in [0.25, 0.3) is 0 Å². The lowest BCUT2D eigenvalue weighted by Crippen LogP contribution is -2.30. The highest BCUT2D eigenvalue weighted by Crippen LogP contribution is 2.40. The number of hydrogen-bond acceptors (Lipinski definition) is 5. The molecule has 1 aliphatic heterocycles. The lowest BCUT2D eigenvalue weighted by Gasteiger charge is -2.19. The van der Waals surface area contributed by atoms with Crippen LogP contribution < -0.4 is 4.74 Å². The lowest BCUT2D eigenvalue weighted by atomic mass is 10.0. The van der Waals surface area contributed by atoms with Crippen LogP contribution in [0.3, 0.4) is 0 Å². The molecule has 2 aromatic rings. The second-order valence-corrected chi connectivity index (χ2v) is 7.68. The van der Waals surface area contributed by atoms with Crippen LogP contribution in [0, 0.1) is 24.6 Å². The summed E-state index contributed by atoms with van der Waals surface area (Å²) < 4.78 is 19.9. The van der Waals surface area contributed by atoms with Crippen LogP contribution in [0.1, 0.15) is 28.9 Å². The van der Waals surface area contributed by atoms with E-state index in [1.54, 1.807) is 12.1 Å². The SMILES string of the molecule is Cc1ccc(OC2C[C@@H]3CN(CC(=O)c4ccc(O)cn4)C[C@@H]3C2)c(F)c1. The second kappa shape index (κ2) is 7.27. The predicted molar refractivity (Wildman–Crippen MR) is 98.4 cm³/mol. The Kier molecular flexibility index (Phi) is 4.83. The van der Waals surface area contributed by atoms with E-state index in [1.807, 2.05) is 13.0 Å². The largest absolute Gasteiger partial charge is 0.506 e. The van der Waals surface area contributed by atoms with Gasteiger partial charge < -0.3 is 9.84 Å². The number of aromatic hydroxyl groups is 1. The molecule has 1 unspecified atom stereocenters. The van der Waals surface area contributed by atoms with E-state index in [0.717, 1.165) is 31.5 Å². The number of hydrogen-bond donors (Lipinski definition) is 1. The standard InChI is InChI=1S/C21H23FN2O3/c1-13-2-5-21(18(22)6-13)27-17-7-14-10-24(11-15(14)8-17)12-20(26)19-4-3-16(25)9-23-19/h2-6,9,14-15,17,25H,7-8,10-12H2,1H3/t14-,15+,17?. The topological polar surface area (TPSA) is 62.7 Å². The van der Waals surface area contributed by atoms with Gasteiger partial charge in [-0.3, -0.25) is 9.69 Å². The summed E-state index contributed by atoms with van der Waals surface area (Å²) in [6.45, 7) is 3.90. The number of benzene rings is 1. The number of likely N-dealkylation sites (tertiary alicyclic amines) is 1. The highest BCUT2D eigenvalue weighted by Gasteiger charge is 2.42. The molecule has 5 nitrogen and oxygen atoms in total. The molecule has 1 saturated carbocycles. The third kappa shape index (κ3) is 3.95. The monoisotopic (exact) mass is 370 g/mol. The number of halogens is 1. The summed E-state index contributed by atoms with van der Waals surface area (Å²) in [4.78, 5) is 18.5. The van der Waals surface area contributed by atoms with Crippen LogP contribution in [-0.4, -0.2) is 46.5 Å². The van der Waals surface area contributed by atoms with E-state index in [1.165, 1.54) is 18.3 Å². The van der Waals surface area contributed by atoms with Gasteiger partial charge in [0.2, 0.25) is 0 Å². The van der Waals surface area contributed by atoms with Crippen LogP contribution in [0.4, 0.5) is 4.39 Å². The molecule has 2 fully saturated rings. The van der Waals surface area contributed by atoms with Crippen molar-refractivity contribution in [2.24, 2.45) is 11.8 Å². The van der Waals surface area contributed by atoms with Gasteiger partial charge in [-0.1, -0.05) is 6.07 Å². The third-order valence-corrected chi connectivity index (χ3v) is 5.57. The number of aryl methyl sites for hydroxylation is 1. The molecule has 1 aliphatic carbocycles. The highest BCUT2D eigenvalue weighted by molar-refractivity contribution is 5.95. The smallest absolute Gasteiger partial charge is 0.195 e. The minimum atomic E-state index is -0.305. The molecule has 0 radical (unpaired) electrons. The lowest BCUT2D eigenvalue weighted by molar-refractivity contribution is 0.0931. The number of pyridine rings is 1. The first-order chi connectivity index (χ1) is 13.0. The molecule has 27 heavy (non-hydrogen) atoms. The van der Waals surface area contributed by atoms with Gasteiger partial charge in [0, 0.05) is 13.1 Å². The van der Waals surface area contributed by atoms with Crippen LogP contribution in [-0.2, 0) is 0 Å². The number of nitrogens with zero attached hydrogens (tertiary/aromatic N) is 2. The average Bonchev–Trinajstić information content (AvgIpc) is 3.15. The number of carbonyl (C=O) groups is 1. The maximum atomic E-state index is 14.0. The van der Waals surface area contributed by atoms with E-state index >= 15 is 0 Å². The van der Waals surface area contributed by atoms with Crippen molar-refractivity contribution in [2.45, 2.75) is 25.9 Å². The Bertz CT molecular complexity index is 826. The van der Waals surface area contributed by atoms with E-state index < -0.39 is 0 Å². The number of ether oxygens (including phenoxy) is 1. The van der Waals surface area contributed by atoms with Gasteiger partial charge in [-0.2, -0.15) is 0 Å². The number of ketones is 1. The van der Waals surface area contributed by atoms with E-state index in [2.05, 4.69) is 9.88 Å². The van der Waals surface area contributed by atoms with E-state index in [9.17, 15) is 14.3 Å². The first kappa shape index (κ1) is 17.9. The van der Waals surface area contributed by atoms with Crippen molar-refractivity contribution in [3.8, 4) is 11.5 Å².